The standard InChI is InChI=1S/C11H16ClN3O/c1-6(2)7(3)14-11(16)10-8(12)4-5-9(13)15-10/h4-7H,1-3H3,(H2,13,15)(H,14,16). The molecule has 1 aromatic rings. The molecule has 4 nitrogen and oxygen atoms in total. The number of hydrogen-bond donors (Lipinski definition) is 2. The molecule has 1 heterocycles. The largest absolute Gasteiger partial charge is 0.384 e. The van der Waals surface area contributed by atoms with E-state index >= 15 is 0 Å². The molecule has 0 fully saturated rings. The number of pyridine rings is 1. The highest BCUT2D eigenvalue weighted by atomic mass is 35.5. The molecule has 0 aliphatic rings. The van der Waals surface area contributed by atoms with Gasteiger partial charge in [-0.3, -0.25) is 4.79 Å². The average Bonchev–Trinajstić information content (AvgIpc) is 2.21. The molecule has 1 rings (SSSR count). The van der Waals surface area contributed by atoms with Gasteiger partial charge in [0.05, 0.1) is 5.02 Å². The van der Waals surface area contributed by atoms with Gasteiger partial charge in [-0.1, -0.05) is 25.4 Å². The Kier molecular flexibility index (Phi) is 4.12. The van der Waals surface area contributed by atoms with Gasteiger partial charge in [0.2, 0.25) is 0 Å². The lowest BCUT2D eigenvalue weighted by molar-refractivity contribution is 0.0926. The Hall–Kier alpha value is -1.29. The van der Waals surface area contributed by atoms with Gasteiger partial charge in [0.1, 0.15) is 11.5 Å². The Balaban J connectivity index is 2.84. The Labute approximate surface area is 100 Å². The van der Waals surface area contributed by atoms with Gasteiger partial charge in [0.25, 0.3) is 5.91 Å². The highest BCUT2D eigenvalue weighted by molar-refractivity contribution is 6.33. The highest BCUT2D eigenvalue weighted by Crippen LogP contribution is 2.15. The van der Waals surface area contributed by atoms with Crippen molar-refractivity contribution in [1.29, 1.82) is 0 Å². The number of carbonyl (C=O) groups is 1. The van der Waals surface area contributed by atoms with E-state index in [2.05, 4.69) is 10.3 Å². The molecule has 0 aliphatic heterocycles. The third kappa shape index (κ3) is 3.10. The molecule has 1 unspecified atom stereocenters. The molecular weight excluding hydrogens is 226 g/mol. The van der Waals surface area contributed by atoms with Crippen molar-refractivity contribution in [3.8, 4) is 0 Å². The minimum atomic E-state index is -0.293. The summed E-state index contributed by atoms with van der Waals surface area (Å²) in [6, 6.07) is 3.19. The lowest BCUT2D eigenvalue weighted by atomic mass is 10.1. The quantitative estimate of drug-likeness (QED) is 0.852. The van der Waals surface area contributed by atoms with Gasteiger partial charge >= 0.3 is 0 Å². The second-order valence-corrected chi connectivity index (χ2v) is 4.48. The van der Waals surface area contributed by atoms with Gasteiger partial charge in [-0.2, -0.15) is 0 Å². The summed E-state index contributed by atoms with van der Waals surface area (Å²) in [6.45, 7) is 5.99. The van der Waals surface area contributed by atoms with Crippen LogP contribution < -0.4 is 11.1 Å². The van der Waals surface area contributed by atoms with Gasteiger partial charge in [0.15, 0.2) is 0 Å². The molecule has 0 radical (unpaired) electrons. The number of carbonyl (C=O) groups excluding carboxylic acids is 1. The van der Waals surface area contributed by atoms with Crippen LogP contribution in [-0.4, -0.2) is 16.9 Å². The Morgan fingerprint density at radius 2 is 2.06 bits per heavy atom. The fourth-order valence-corrected chi connectivity index (χ4v) is 1.25. The fourth-order valence-electron chi connectivity index (χ4n) is 1.06. The summed E-state index contributed by atoms with van der Waals surface area (Å²) in [6.07, 6.45) is 0. The van der Waals surface area contributed by atoms with Gasteiger partial charge in [-0.05, 0) is 25.0 Å². The van der Waals surface area contributed by atoms with Gasteiger partial charge in [0, 0.05) is 6.04 Å². The van der Waals surface area contributed by atoms with E-state index in [1.807, 2.05) is 20.8 Å². The number of nitrogens with two attached hydrogens (primary N) is 1. The molecule has 5 heteroatoms. The van der Waals surface area contributed by atoms with Crippen molar-refractivity contribution in [2.75, 3.05) is 5.73 Å². The number of aromatic nitrogens is 1. The van der Waals surface area contributed by atoms with Crippen LogP contribution in [0.25, 0.3) is 0 Å². The van der Waals surface area contributed by atoms with Crippen LogP contribution in [0, 0.1) is 5.92 Å². The predicted molar refractivity (Wildman–Crippen MR) is 65.4 cm³/mol. The monoisotopic (exact) mass is 241 g/mol. The van der Waals surface area contributed by atoms with E-state index in [1.165, 1.54) is 0 Å². The number of halogens is 1. The second-order valence-electron chi connectivity index (χ2n) is 4.07. The Morgan fingerprint density at radius 1 is 1.44 bits per heavy atom. The Morgan fingerprint density at radius 3 is 2.62 bits per heavy atom. The minimum Gasteiger partial charge on any atom is -0.384 e. The summed E-state index contributed by atoms with van der Waals surface area (Å²) in [5.74, 6) is 0.342. The summed E-state index contributed by atoms with van der Waals surface area (Å²) >= 11 is 5.88. The molecule has 0 saturated heterocycles. The third-order valence-corrected chi connectivity index (χ3v) is 2.75. The van der Waals surface area contributed by atoms with Crippen LogP contribution in [-0.2, 0) is 0 Å². The van der Waals surface area contributed by atoms with Crippen LogP contribution in [0.1, 0.15) is 31.3 Å². The zero-order valence-corrected chi connectivity index (χ0v) is 10.4. The van der Waals surface area contributed by atoms with Crippen LogP contribution >= 0.6 is 11.6 Å². The first-order valence-electron chi connectivity index (χ1n) is 5.14. The average molecular weight is 242 g/mol. The molecule has 88 valence electrons. The zero-order chi connectivity index (χ0) is 12.3. The van der Waals surface area contributed by atoms with Crippen molar-refractivity contribution < 1.29 is 4.79 Å². The first-order chi connectivity index (χ1) is 7.41. The molecule has 3 N–H and O–H groups in total. The topological polar surface area (TPSA) is 68.0 Å². The lowest BCUT2D eigenvalue weighted by Gasteiger charge is -2.17. The van der Waals surface area contributed by atoms with Crippen molar-refractivity contribution in [2.24, 2.45) is 5.92 Å². The maximum Gasteiger partial charge on any atom is 0.271 e. The van der Waals surface area contributed by atoms with Gasteiger partial charge in [-0.15, -0.1) is 0 Å². The normalized spacial score (nSPS) is 12.6. The lowest BCUT2D eigenvalue weighted by Crippen LogP contribution is -2.36. The number of rotatable bonds is 3. The summed E-state index contributed by atoms with van der Waals surface area (Å²) in [7, 11) is 0. The number of anilines is 1. The number of hydrogen-bond acceptors (Lipinski definition) is 3. The molecular formula is C11H16ClN3O. The first kappa shape index (κ1) is 12.8. The fraction of sp³-hybridized carbons (Fsp3) is 0.455. The minimum absolute atomic E-state index is 0.0618. The van der Waals surface area contributed by atoms with Gasteiger partial charge in [-0.25, -0.2) is 4.98 Å². The smallest absolute Gasteiger partial charge is 0.271 e. The molecule has 0 aliphatic carbocycles. The van der Waals surface area contributed by atoms with Crippen LogP contribution in [0.3, 0.4) is 0 Å². The summed E-state index contributed by atoms with van der Waals surface area (Å²) in [5, 5.41) is 3.13. The Bertz CT molecular complexity index is 393. The summed E-state index contributed by atoms with van der Waals surface area (Å²) < 4.78 is 0. The molecule has 0 saturated carbocycles. The summed E-state index contributed by atoms with van der Waals surface area (Å²) in [5.41, 5.74) is 5.68. The number of amides is 1. The van der Waals surface area contributed by atoms with E-state index in [0.29, 0.717) is 10.9 Å². The second kappa shape index (κ2) is 5.16. The van der Waals surface area contributed by atoms with E-state index in [-0.39, 0.29) is 23.5 Å². The van der Waals surface area contributed by atoms with Crippen molar-refractivity contribution in [2.45, 2.75) is 26.8 Å². The van der Waals surface area contributed by atoms with E-state index in [4.69, 9.17) is 17.3 Å². The zero-order valence-electron chi connectivity index (χ0n) is 9.62. The van der Waals surface area contributed by atoms with Crippen LogP contribution in [0.4, 0.5) is 5.82 Å². The molecule has 0 bridgehead atoms. The van der Waals surface area contributed by atoms with E-state index in [9.17, 15) is 4.79 Å². The highest BCUT2D eigenvalue weighted by Gasteiger charge is 2.16. The molecule has 1 aromatic heterocycles. The number of nitrogens with one attached hydrogen (secondary N) is 1. The number of nitrogens with zero attached hydrogens (tertiary/aromatic N) is 1. The number of nitrogen functional groups attached to an aromatic ring is 1. The first-order valence-corrected chi connectivity index (χ1v) is 5.52. The van der Waals surface area contributed by atoms with Crippen molar-refractivity contribution >= 4 is 23.3 Å². The van der Waals surface area contributed by atoms with Crippen molar-refractivity contribution in [1.82, 2.24) is 10.3 Å². The van der Waals surface area contributed by atoms with Gasteiger partial charge < -0.3 is 11.1 Å². The molecule has 16 heavy (non-hydrogen) atoms. The maximum atomic E-state index is 11.8. The molecule has 0 spiro atoms. The SMILES string of the molecule is CC(C)C(C)NC(=O)c1nc(N)ccc1Cl. The van der Waals surface area contributed by atoms with E-state index < -0.39 is 0 Å². The van der Waals surface area contributed by atoms with Crippen LogP contribution in [0.5, 0.6) is 0 Å². The molecule has 0 aromatic carbocycles. The van der Waals surface area contributed by atoms with E-state index in [1.54, 1.807) is 12.1 Å². The van der Waals surface area contributed by atoms with Crippen molar-refractivity contribution in [3.05, 3.63) is 22.8 Å². The van der Waals surface area contributed by atoms with E-state index in [0.717, 1.165) is 0 Å². The van der Waals surface area contributed by atoms with Crippen LogP contribution in [0.15, 0.2) is 12.1 Å². The third-order valence-electron chi connectivity index (χ3n) is 2.44. The van der Waals surface area contributed by atoms with Crippen molar-refractivity contribution in [3.63, 3.8) is 0 Å². The molecule has 1 atom stereocenters. The molecule has 1 amide bonds. The summed E-state index contributed by atoms with van der Waals surface area (Å²) in [4.78, 5) is 15.7. The predicted octanol–water partition coefficient (Wildman–Crippen LogP) is 2.09. The maximum absolute atomic E-state index is 11.8. The van der Waals surface area contributed by atoms with Crippen LogP contribution in [0.2, 0.25) is 5.02 Å².